The van der Waals surface area contributed by atoms with Gasteiger partial charge >= 0.3 is 0 Å². The average Bonchev–Trinajstić information content (AvgIpc) is 2.68. The molecular weight excluding hydrogens is 188 g/mol. The van der Waals surface area contributed by atoms with Gasteiger partial charge in [0.05, 0.1) is 6.20 Å². The van der Waals surface area contributed by atoms with Gasteiger partial charge in [0.25, 0.3) is 0 Å². The maximum atomic E-state index is 4.90. The molecule has 15 heavy (non-hydrogen) atoms. The second-order valence-corrected chi connectivity index (χ2v) is 3.36. The molecule has 0 amide bonds. The van der Waals surface area contributed by atoms with Gasteiger partial charge in [-0.05, 0) is 6.92 Å². The van der Waals surface area contributed by atoms with Crippen LogP contribution in [0.4, 0.5) is 5.88 Å². The van der Waals surface area contributed by atoms with E-state index in [2.05, 4.69) is 5.16 Å². The average molecular weight is 204 g/mol. The molecule has 0 fully saturated rings. The van der Waals surface area contributed by atoms with Crippen LogP contribution in [0, 0.1) is 6.92 Å². The molecule has 0 atom stereocenters. The van der Waals surface area contributed by atoms with Crippen LogP contribution in [0.3, 0.4) is 0 Å². The van der Waals surface area contributed by atoms with Crippen LogP contribution in [0.25, 0.3) is 0 Å². The van der Waals surface area contributed by atoms with Gasteiger partial charge in [0.1, 0.15) is 0 Å². The van der Waals surface area contributed by atoms with Gasteiger partial charge in [-0.3, -0.25) is 0 Å². The Hall–Kier alpha value is -1.77. The molecule has 0 unspecified atom stereocenters. The second-order valence-electron chi connectivity index (χ2n) is 3.36. The minimum atomic E-state index is 0.829. The summed E-state index contributed by atoms with van der Waals surface area (Å²) in [6.45, 7) is 1.96. The molecule has 3 heteroatoms. The smallest absolute Gasteiger partial charge is 0.229 e. The number of hydrogen-bond donors (Lipinski definition) is 0. The van der Waals surface area contributed by atoms with Crippen molar-refractivity contribution in [3.63, 3.8) is 0 Å². The molecule has 0 bridgehead atoms. The molecule has 0 aliphatic rings. The third kappa shape index (κ3) is 3.85. The van der Waals surface area contributed by atoms with Gasteiger partial charge < -0.3 is 9.42 Å². The first-order valence-corrected chi connectivity index (χ1v) is 4.80. The molecule has 1 aromatic carbocycles. The standard InChI is InChI=1S/C6H10N2O.C6H6/c1-5-4-7-9-6(5)8(2)3;1-2-4-6-5-3-1/h4H,1-3H3;1-6H. The third-order valence-electron chi connectivity index (χ3n) is 1.80. The van der Waals surface area contributed by atoms with Crippen molar-refractivity contribution in [2.45, 2.75) is 6.92 Å². The highest BCUT2D eigenvalue weighted by Crippen LogP contribution is 2.14. The Morgan fingerprint density at radius 1 is 1.00 bits per heavy atom. The van der Waals surface area contributed by atoms with Crippen LogP contribution in [0.2, 0.25) is 0 Å². The van der Waals surface area contributed by atoms with Gasteiger partial charge in [-0.25, -0.2) is 0 Å². The van der Waals surface area contributed by atoms with Crippen molar-refractivity contribution >= 4 is 5.88 Å². The lowest BCUT2D eigenvalue weighted by molar-refractivity contribution is 0.423. The van der Waals surface area contributed by atoms with Crippen molar-refractivity contribution < 1.29 is 4.52 Å². The van der Waals surface area contributed by atoms with Crippen molar-refractivity contribution in [1.82, 2.24) is 5.16 Å². The number of aryl methyl sites for hydroxylation is 1. The number of rotatable bonds is 1. The summed E-state index contributed by atoms with van der Waals surface area (Å²) in [5.74, 6) is 0.829. The monoisotopic (exact) mass is 204 g/mol. The molecule has 0 saturated heterocycles. The molecule has 80 valence electrons. The Labute approximate surface area is 90.3 Å². The zero-order chi connectivity index (χ0) is 11.1. The van der Waals surface area contributed by atoms with Gasteiger partial charge in [0.15, 0.2) is 0 Å². The minimum absolute atomic E-state index is 0.829. The predicted molar refractivity (Wildman–Crippen MR) is 62.0 cm³/mol. The summed E-state index contributed by atoms with van der Waals surface area (Å²) < 4.78 is 4.90. The fourth-order valence-electron chi connectivity index (χ4n) is 1.10. The molecule has 0 radical (unpaired) electrons. The van der Waals surface area contributed by atoms with Crippen LogP contribution in [0.5, 0.6) is 0 Å². The van der Waals surface area contributed by atoms with Crippen LogP contribution < -0.4 is 4.90 Å². The molecule has 0 saturated carbocycles. The van der Waals surface area contributed by atoms with E-state index < -0.39 is 0 Å². The first kappa shape index (κ1) is 11.3. The SMILES string of the molecule is Cc1cnoc1N(C)C.c1ccccc1. The van der Waals surface area contributed by atoms with E-state index in [9.17, 15) is 0 Å². The van der Waals surface area contributed by atoms with Gasteiger partial charge in [0, 0.05) is 19.7 Å². The molecule has 0 spiro atoms. The quantitative estimate of drug-likeness (QED) is 0.715. The molecular formula is C12H16N2O. The largest absolute Gasteiger partial charge is 0.347 e. The summed E-state index contributed by atoms with van der Waals surface area (Å²) in [7, 11) is 3.85. The number of aromatic nitrogens is 1. The van der Waals surface area contributed by atoms with Crippen LogP contribution >= 0.6 is 0 Å². The summed E-state index contributed by atoms with van der Waals surface area (Å²) in [6.07, 6.45) is 1.70. The van der Waals surface area contributed by atoms with Crippen molar-refractivity contribution in [2.75, 3.05) is 19.0 Å². The van der Waals surface area contributed by atoms with E-state index in [1.807, 2.05) is 62.3 Å². The first-order valence-electron chi connectivity index (χ1n) is 4.80. The van der Waals surface area contributed by atoms with Crippen LogP contribution in [0.15, 0.2) is 47.1 Å². The highest BCUT2D eigenvalue weighted by atomic mass is 16.5. The van der Waals surface area contributed by atoms with Gasteiger partial charge in [-0.1, -0.05) is 41.6 Å². The van der Waals surface area contributed by atoms with Crippen molar-refractivity contribution in [2.24, 2.45) is 0 Å². The first-order chi connectivity index (χ1) is 7.22. The zero-order valence-electron chi connectivity index (χ0n) is 9.34. The van der Waals surface area contributed by atoms with E-state index in [4.69, 9.17) is 4.52 Å². The van der Waals surface area contributed by atoms with Crippen molar-refractivity contribution in [1.29, 1.82) is 0 Å². The Morgan fingerprint density at radius 3 is 1.67 bits per heavy atom. The Morgan fingerprint density at radius 2 is 1.47 bits per heavy atom. The normalized spacial score (nSPS) is 9.00. The van der Waals surface area contributed by atoms with E-state index in [0.29, 0.717) is 0 Å². The minimum Gasteiger partial charge on any atom is -0.347 e. The van der Waals surface area contributed by atoms with Crippen LogP contribution in [-0.2, 0) is 0 Å². The Kier molecular flexibility index (Phi) is 4.41. The number of benzene rings is 1. The summed E-state index contributed by atoms with van der Waals surface area (Å²) >= 11 is 0. The summed E-state index contributed by atoms with van der Waals surface area (Å²) in [5, 5.41) is 3.63. The molecule has 0 aliphatic carbocycles. The highest BCUT2D eigenvalue weighted by Gasteiger charge is 2.02. The third-order valence-corrected chi connectivity index (χ3v) is 1.80. The number of nitrogens with zero attached hydrogens (tertiary/aromatic N) is 2. The maximum absolute atomic E-state index is 4.90. The van der Waals surface area contributed by atoms with Crippen molar-refractivity contribution in [3.05, 3.63) is 48.2 Å². The Balaban J connectivity index is 0.000000162. The summed E-state index contributed by atoms with van der Waals surface area (Å²) in [6, 6.07) is 12.0. The maximum Gasteiger partial charge on any atom is 0.229 e. The Bertz CT molecular complexity index is 341. The van der Waals surface area contributed by atoms with Gasteiger partial charge in [-0.2, -0.15) is 0 Å². The zero-order valence-corrected chi connectivity index (χ0v) is 9.34. The predicted octanol–water partition coefficient (Wildman–Crippen LogP) is 2.74. The topological polar surface area (TPSA) is 29.3 Å². The second kappa shape index (κ2) is 5.86. The number of hydrogen-bond acceptors (Lipinski definition) is 3. The van der Waals surface area contributed by atoms with Crippen LogP contribution in [0.1, 0.15) is 5.56 Å². The van der Waals surface area contributed by atoms with E-state index in [0.717, 1.165) is 11.4 Å². The van der Waals surface area contributed by atoms with E-state index in [-0.39, 0.29) is 0 Å². The van der Waals surface area contributed by atoms with E-state index >= 15 is 0 Å². The van der Waals surface area contributed by atoms with Crippen LogP contribution in [-0.4, -0.2) is 19.3 Å². The number of anilines is 1. The fourth-order valence-corrected chi connectivity index (χ4v) is 1.10. The molecule has 2 aromatic rings. The highest BCUT2D eigenvalue weighted by molar-refractivity contribution is 5.39. The fraction of sp³-hybridized carbons (Fsp3) is 0.250. The van der Waals surface area contributed by atoms with E-state index in [1.54, 1.807) is 6.20 Å². The molecule has 0 N–H and O–H groups in total. The molecule has 2 rings (SSSR count). The van der Waals surface area contributed by atoms with Crippen molar-refractivity contribution in [3.8, 4) is 0 Å². The lowest BCUT2D eigenvalue weighted by Crippen LogP contribution is -2.08. The molecule has 1 aromatic heterocycles. The molecule has 1 heterocycles. The lowest BCUT2D eigenvalue weighted by Gasteiger charge is -2.06. The molecule has 0 aliphatic heterocycles. The van der Waals surface area contributed by atoms with Gasteiger partial charge in [0.2, 0.25) is 5.88 Å². The summed E-state index contributed by atoms with van der Waals surface area (Å²) in [5.41, 5.74) is 1.07. The summed E-state index contributed by atoms with van der Waals surface area (Å²) in [4.78, 5) is 1.89. The van der Waals surface area contributed by atoms with E-state index in [1.165, 1.54) is 0 Å². The lowest BCUT2D eigenvalue weighted by atomic mass is 10.4. The molecule has 3 nitrogen and oxygen atoms in total. The van der Waals surface area contributed by atoms with Gasteiger partial charge in [-0.15, -0.1) is 0 Å².